The fourth-order valence-electron chi connectivity index (χ4n) is 2.28. The minimum atomic E-state index is -0.0192. The SMILES string of the molecule is Cc1cccc(OCCCNC(=O)c2ccccc2SC(C)C)c1. The predicted molar refractivity (Wildman–Crippen MR) is 101 cm³/mol. The van der Waals surface area contributed by atoms with Crippen LogP contribution in [0.3, 0.4) is 0 Å². The maximum Gasteiger partial charge on any atom is 0.252 e. The summed E-state index contributed by atoms with van der Waals surface area (Å²) < 4.78 is 5.70. The Hall–Kier alpha value is -1.94. The first-order valence-corrected chi connectivity index (χ1v) is 9.17. The van der Waals surface area contributed by atoms with Crippen molar-refractivity contribution in [2.45, 2.75) is 37.3 Å². The van der Waals surface area contributed by atoms with Crippen LogP contribution in [-0.2, 0) is 0 Å². The molecular formula is C20H25NO2S. The van der Waals surface area contributed by atoms with Gasteiger partial charge in [0.2, 0.25) is 0 Å². The quantitative estimate of drug-likeness (QED) is 0.558. The molecule has 0 aliphatic carbocycles. The van der Waals surface area contributed by atoms with Crippen molar-refractivity contribution in [1.82, 2.24) is 5.32 Å². The van der Waals surface area contributed by atoms with E-state index < -0.39 is 0 Å². The molecule has 1 amide bonds. The molecule has 0 unspecified atom stereocenters. The number of amides is 1. The van der Waals surface area contributed by atoms with Crippen LogP contribution in [0.4, 0.5) is 0 Å². The van der Waals surface area contributed by atoms with Gasteiger partial charge in [0, 0.05) is 16.7 Å². The summed E-state index contributed by atoms with van der Waals surface area (Å²) >= 11 is 1.71. The van der Waals surface area contributed by atoms with Gasteiger partial charge >= 0.3 is 0 Å². The third-order valence-corrected chi connectivity index (χ3v) is 4.44. The molecule has 3 nitrogen and oxygen atoms in total. The Morgan fingerprint density at radius 2 is 1.96 bits per heavy atom. The monoisotopic (exact) mass is 343 g/mol. The summed E-state index contributed by atoms with van der Waals surface area (Å²) in [5.74, 6) is 0.856. The van der Waals surface area contributed by atoms with Gasteiger partial charge in [0.15, 0.2) is 0 Å². The molecule has 0 bridgehead atoms. The number of aryl methyl sites for hydroxylation is 1. The summed E-state index contributed by atoms with van der Waals surface area (Å²) in [6, 6.07) is 15.7. The Labute approximate surface area is 148 Å². The molecule has 1 N–H and O–H groups in total. The van der Waals surface area contributed by atoms with E-state index in [0.29, 0.717) is 18.4 Å². The Bertz CT molecular complexity index is 670. The lowest BCUT2D eigenvalue weighted by Crippen LogP contribution is -2.26. The van der Waals surface area contributed by atoms with E-state index in [1.54, 1.807) is 11.8 Å². The topological polar surface area (TPSA) is 38.3 Å². The highest BCUT2D eigenvalue weighted by atomic mass is 32.2. The molecule has 0 saturated heterocycles. The number of nitrogens with one attached hydrogen (secondary N) is 1. The highest BCUT2D eigenvalue weighted by molar-refractivity contribution is 8.00. The van der Waals surface area contributed by atoms with Crippen LogP contribution >= 0.6 is 11.8 Å². The number of hydrogen-bond acceptors (Lipinski definition) is 3. The van der Waals surface area contributed by atoms with Crippen LogP contribution in [0.2, 0.25) is 0 Å². The highest BCUT2D eigenvalue weighted by Gasteiger charge is 2.11. The molecule has 0 aliphatic heterocycles. The van der Waals surface area contributed by atoms with Gasteiger partial charge in [-0.2, -0.15) is 0 Å². The number of benzene rings is 2. The van der Waals surface area contributed by atoms with E-state index in [0.717, 1.165) is 22.6 Å². The molecular weight excluding hydrogens is 318 g/mol. The molecule has 0 atom stereocenters. The highest BCUT2D eigenvalue weighted by Crippen LogP contribution is 2.26. The average molecular weight is 343 g/mol. The molecule has 0 saturated carbocycles. The summed E-state index contributed by atoms with van der Waals surface area (Å²) in [6.07, 6.45) is 0.777. The molecule has 2 aromatic carbocycles. The molecule has 0 spiro atoms. The van der Waals surface area contributed by atoms with E-state index in [2.05, 4.69) is 19.2 Å². The van der Waals surface area contributed by atoms with Crippen molar-refractivity contribution in [2.24, 2.45) is 0 Å². The third-order valence-electron chi connectivity index (χ3n) is 3.36. The first kappa shape index (κ1) is 18.4. The largest absolute Gasteiger partial charge is 0.494 e. The van der Waals surface area contributed by atoms with Gasteiger partial charge in [0.05, 0.1) is 12.2 Å². The van der Waals surface area contributed by atoms with Crippen molar-refractivity contribution in [1.29, 1.82) is 0 Å². The van der Waals surface area contributed by atoms with Gasteiger partial charge in [-0.15, -0.1) is 11.8 Å². The molecule has 0 aromatic heterocycles. The van der Waals surface area contributed by atoms with Crippen molar-refractivity contribution >= 4 is 17.7 Å². The lowest BCUT2D eigenvalue weighted by Gasteiger charge is -2.12. The minimum absolute atomic E-state index is 0.0192. The summed E-state index contributed by atoms with van der Waals surface area (Å²) in [6.45, 7) is 7.49. The van der Waals surface area contributed by atoms with Gasteiger partial charge in [0.25, 0.3) is 5.91 Å². The molecule has 0 aliphatic rings. The molecule has 0 radical (unpaired) electrons. The van der Waals surface area contributed by atoms with E-state index >= 15 is 0 Å². The lowest BCUT2D eigenvalue weighted by atomic mass is 10.2. The van der Waals surface area contributed by atoms with Gasteiger partial charge < -0.3 is 10.1 Å². The van der Waals surface area contributed by atoms with E-state index in [-0.39, 0.29) is 5.91 Å². The molecule has 0 fully saturated rings. The van der Waals surface area contributed by atoms with Crippen LogP contribution in [0.5, 0.6) is 5.75 Å². The first-order chi connectivity index (χ1) is 11.6. The van der Waals surface area contributed by atoms with E-state index in [1.807, 2.05) is 55.5 Å². The number of carbonyl (C=O) groups excluding carboxylic acids is 1. The summed E-state index contributed by atoms with van der Waals surface area (Å²) in [7, 11) is 0. The lowest BCUT2D eigenvalue weighted by molar-refractivity contribution is 0.0948. The van der Waals surface area contributed by atoms with E-state index in [1.165, 1.54) is 5.56 Å². The number of ether oxygens (including phenoxy) is 1. The fraction of sp³-hybridized carbons (Fsp3) is 0.350. The van der Waals surface area contributed by atoms with Crippen LogP contribution in [-0.4, -0.2) is 24.3 Å². The second kappa shape index (κ2) is 9.38. The second-order valence-corrected chi connectivity index (χ2v) is 7.56. The Balaban J connectivity index is 1.77. The van der Waals surface area contributed by atoms with Gasteiger partial charge in [-0.1, -0.05) is 38.1 Å². The van der Waals surface area contributed by atoms with Gasteiger partial charge in [-0.05, 0) is 43.2 Å². The number of carbonyl (C=O) groups is 1. The molecule has 2 rings (SSSR count). The van der Waals surface area contributed by atoms with E-state index in [4.69, 9.17) is 4.74 Å². The van der Waals surface area contributed by atoms with Crippen molar-refractivity contribution in [2.75, 3.05) is 13.2 Å². The van der Waals surface area contributed by atoms with Crippen LogP contribution in [0.25, 0.3) is 0 Å². The molecule has 24 heavy (non-hydrogen) atoms. The maximum atomic E-state index is 12.4. The number of thioether (sulfide) groups is 1. The van der Waals surface area contributed by atoms with Crippen LogP contribution in [0.1, 0.15) is 36.2 Å². The molecule has 0 heterocycles. The van der Waals surface area contributed by atoms with Gasteiger partial charge in [-0.3, -0.25) is 4.79 Å². The number of hydrogen-bond donors (Lipinski definition) is 1. The van der Waals surface area contributed by atoms with E-state index in [9.17, 15) is 4.79 Å². The van der Waals surface area contributed by atoms with Crippen molar-refractivity contribution in [3.63, 3.8) is 0 Å². The van der Waals surface area contributed by atoms with Crippen molar-refractivity contribution in [3.05, 3.63) is 59.7 Å². The van der Waals surface area contributed by atoms with Crippen LogP contribution in [0.15, 0.2) is 53.4 Å². The third kappa shape index (κ3) is 5.93. The first-order valence-electron chi connectivity index (χ1n) is 8.29. The molecule has 128 valence electrons. The van der Waals surface area contributed by atoms with Crippen molar-refractivity contribution in [3.8, 4) is 5.75 Å². The van der Waals surface area contributed by atoms with Crippen LogP contribution < -0.4 is 10.1 Å². The Morgan fingerprint density at radius 1 is 1.17 bits per heavy atom. The zero-order valence-corrected chi connectivity index (χ0v) is 15.4. The minimum Gasteiger partial charge on any atom is -0.494 e. The van der Waals surface area contributed by atoms with Crippen LogP contribution in [0, 0.1) is 6.92 Å². The maximum absolute atomic E-state index is 12.4. The smallest absolute Gasteiger partial charge is 0.252 e. The number of rotatable bonds is 8. The average Bonchev–Trinajstić information content (AvgIpc) is 2.54. The molecule has 2 aromatic rings. The summed E-state index contributed by atoms with van der Waals surface area (Å²) in [5.41, 5.74) is 1.93. The van der Waals surface area contributed by atoms with Crippen molar-refractivity contribution < 1.29 is 9.53 Å². The van der Waals surface area contributed by atoms with Gasteiger partial charge in [0.1, 0.15) is 5.75 Å². The summed E-state index contributed by atoms with van der Waals surface area (Å²) in [4.78, 5) is 13.4. The normalized spacial score (nSPS) is 10.7. The zero-order chi connectivity index (χ0) is 17.4. The predicted octanol–water partition coefficient (Wildman–Crippen LogP) is 4.69. The zero-order valence-electron chi connectivity index (χ0n) is 14.5. The second-order valence-electron chi connectivity index (χ2n) is 5.94. The standard InChI is InChI=1S/C20H25NO2S/c1-15(2)24-19-11-5-4-10-18(19)20(22)21-12-7-13-23-17-9-6-8-16(3)14-17/h4-6,8-11,14-15H,7,12-13H2,1-3H3,(H,21,22). The molecule has 4 heteroatoms. The van der Waals surface area contributed by atoms with Gasteiger partial charge in [-0.25, -0.2) is 0 Å². The fourth-order valence-corrected chi connectivity index (χ4v) is 3.23. The Kier molecular flexibility index (Phi) is 7.19. The Morgan fingerprint density at radius 3 is 2.71 bits per heavy atom. The summed E-state index contributed by atoms with van der Waals surface area (Å²) in [5, 5.41) is 3.42.